The Morgan fingerprint density at radius 1 is 1.30 bits per heavy atom. The predicted molar refractivity (Wildman–Crippen MR) is 94.2 cm³/mol. The number of benzene rings is 1. The van der Waals surface area contributed by atoms with E-state index in [2.05, 4.69) is 15.6 Å². The summed E-state index contributed by atoms with van der Waals surface area (Å²) in [6.07, 6.45) is 1.16. The number of hydrogen-bond acceptors (Lipinski definition) is 7. The first-order chi connectivity index (χ1) is 12.9. The van der Waals surface area contributed by atoms with Gasteiger partial charge in [-0.15, -0.1) is 11.3 Å². The van der Waals surface area contributed by atoms with Gasteiger partial charge in [0.15, 0.2) is 10.9 Å². The zero-order chi connectivity index (χ0) is 19.4. The van der Waals surface area contributed by atoms with Gasteiger partial charge in [-0.2, -0.15) is 0 Å². The number of rotatable bonds is 6. The summed E-state index contributed by atoms with van der Waals surface area (Å²) in [6, 6.07) is 5.89. The second-order valence-electron chi connectivity index (χ2n) is 5.22. The minimum absolute atomic E-state index is 0.116. The molecule has 0 aliphatic heterocycles. The summed E-state index contributed by atoms with van der Waals surface area (Å²) in [5.74, 6) is -1.77. The van der Waals surface area contributed by atoms with Crippen LogP contribution in [-0.4, -0.2) is 21.7 Å². The predicted octanol–water partition coefficient (Wildman–Crippen LogP) is 3.22. The van der Waals surface area contributed by atoms with Crippen LogP contribution in [0.1, 0.15) is 16.2 Å². The van der Waals surface area contributed by atoms with Crippen molar-refractivity contribution in [2.45, 2.75) is 6.42 Å². The van der Waals surface area contributed by atoms with E-state index in [1.54, 1.807) is 11.4 Å². The van der Waals surface area contributed by atoms with E-state index >= 15 is 0 Å². The number of carbonyl (C=O) groups is 2. The van der Waals surface area contributed by atoms with Crippen molar-refractivity contribution in [1.29, 1.82) is 0 Å². The molecule has 0 saturated heterocycles. The van der Waals surface area contributed by atoms with Crippen LogP contribution in [0.3, 0.4) is 0 Å². The number of carbonyl (C=O) groups excluding carboxylic acids is 2. The Morgan fingerprint density at radius 2 is 2.11 bits per heavy atom. The van der Waals surface area contributed by atoms with Gasteiger partial charge in [-0.3, -0.25) is 25.0 Å². The molecule has 2 heterocycles. The largest absolute Gasteiger partial charge is 0.459 e. The number of nitro benzene ring substituents is 1. The SMILES string of the molecule is O=C(Cc1csc(NC(=O)c2ccco2)n1)Nc1cc([N+](=O)[O-])ccc1F. The van der Waals surface area contributed by atoms with Crippen LogP contribution in [0.25, 0.3) is 0 Å². The molecule has 0 radical (unpaired) electrons. The summed E-state index contributed by atoms with van der Waals surface area (Å²) in [5, 5.41) is 17.4. The van der Waals surface area contributed by atoms with Gasteiger partial charge in [-0.1, -0.05) is 0 Å². The van der Waals surface area contributed by atoms with Crippen molar-refractivity contribution in [1.82, 2.24) is 4.98 Å². The van der Waals surface area contributed by atoms with Crippen LogP contribution in [0.15, 0.2) is 46.4 Å². The van der Waals surface area contributed by atoms with Crippen molar-refractivity contribution in [2.75, 3.05) is 10.6 Å². The van der Waals surface area contributed by atoms with Gasteiger partial charge in [0.2, 0.25) is 5.91 Å². The molecular formula is C16H11FN4O5S. The van der Waals surface area contributed by atoms with Crippen LogP contribution in [0.5, 0.6) is 0 Å². The van der Waals surface area contributed by atoms with Crippen molar-refractivity contribution in [3.05, 3.63) is 69.4 Å². The van der Waals surface area contributed by atoms with E-state index in [1.807, 2.05) is 0 Å². The second kappa shape index (κ2) is 7.74. The molecule has 9 nitrogen and oxygen atoms in total. The topological polar surface area (TPSA) is 127 Å². The minimum Gasteiger partial charge on any atom is -0.459 e. The Morgan fingerprint density at radius 3 is 2.81 bits per heavy atom. The third-order valence-corrected chi connectivity index (χ3v) is 4.10. The van der Waals surface area contributed by atoms with Crippen LogP contribution >= 0.6 is 11.3 Å². The lowest BCUT2D eigenvalue weighted by molar-refractivity contribution is -0.384. The van der Waals surface area contributed by atoms with E-state index in [9.17, 15) is 24.1 Å². The van der Waals surface area contributed by atoms with Gasteiger partial charge in [0, 0.05) is 17.5 Å². The number of aromatic nitrogens is 1. The van der Waals surface area contributed by atoms with E-state index in [0.717, 1.165) is 29.5 Å². The van der Waals surface area contributed by atoms with Crippen molar-refractivity contribution in [2.24, 2.45) is 0 Å². The fourth-order valence-electron chi connectivity index (χ4n) is 2.09. The molecule has 27 heavy (non-hydrogen) atoms. The molecule has 0 saturated carbocycles. The fourth-order valence-corrected chi connectivity index (χ4v) is 2.80. The molecular weight excluding hydrogens is 379 g/mol. The highest BCUT2D eigenvalue weighted by Gasteiger charge is 2.15. The van der Waals surface area contributed by atoms with Crippen molar-refractivity contribution in [3.63, 3.8) is 0 Å². The molecule has 2 N–H and O–H groups in total. The summed E-state index contributed by atoms with van der Waals surface area (Å²) in [6.45, 7) is 0. The van der Waals surface area contributed by atoms with Crippen LogP contribution in [0, 0.1) is 15.9 Å². The zero-order valence-electron chi connectivity index (χ0n) is 13.5. The van der Waals surface area contributed by atoms with Crippen LogP contribution in [0.2, 0.25) is 0 Å². The van der Waals surface area contributed by atoms with Gasteiger partial charge in [0.1, 0.15) is 5.82 Å². The Hall–Kier alpha value is -3.60. The second-order valence-corrected chi connectivity index (χ2v) is 6.08. The first kappa shape index (κ1) is 18.2. The molecule has 0 bridgehead atoms. The maximum Gasteiger partial charge on any atom is 0.293 e. The van der Waals surface area contributed by atoms with E-state index < -0.39 is 22.6 Å². The van der Waals surface area contributed by atoms with Gasteiger partial charge in [-0.05, 0) is 18.2 Å². The monoisotopic (exact) mass is 390 g/mol. The summed E-state index contributed by atoms with van der Waals surface area (Å²) < 4.78 is 18.7. The lowest BCUT2D eigenvalue weighted by Crippen LogP contribution is -2.16. The molecule has 0 aliphatic carbocycles. The highest BCUT2D eigenvalue weighted by Crippen LogP contribution is 2.22. The molecule has 3 rings (SSSR count). The number of non-ortho nitro benzene ring substituents is 1. The van der Waals surface area contributed by atoms with E-state index in [0.29, 0.717) is 5.69 Å². The van der Waals surface area contributed by atoms with Gasteiger partial charge in [-0.25, -0.2) is 9.37 Å². The van der Waals surface area contributed by atoms with Gasteiger partial charge in [0.25, 0.3) is 11.6 Å². The first-order valence-corrected chi connectivity index (χ1v) is 8.33. The number of nitrogens with one attached hydrogen (secondary N) is 2. The molecule has 3 aromatic rings. The molecule has 2 amide bonds. The van der Waals surface area contributed by atoms with Crippen molar-refractivity contribution >= 4 is 39.7 Å². The molecule has 138 valence electrons. The van der Waals surface area contributed by atoms with Gasteiger partial charge < -0.3 is 9.73 Å². The number of furan rings is 1. The van der Waals surface area contributed by atoms with Crippen LogP contribution in [-0.2, 0) is 11.2 Å². The standard InChI is InChI=1S/C16H11FN4O5S/c17-11-4-3-10(21(24)25)7-12(11)19-14(22)6-9-8-27-16(18-9)20-15(23)13-2-1-5-26-13/h1-5,7-8H,6H2,(H,19,22)(H,18,20,23). The van der Waals surface area contributed by atoms with Crippen LogP contribution < -0.4 is 10.6 Å². The molecule has 1 aromatic carbocycles. The Labute approximate surface area is 155 Å². The zero-order valence-corrected chi connectivity index (χ0v) is 14.3. The van der Waals surface area contributed by atoms with Crippen LogP contribution in [0.4, 0.5) is 20.9 Å². The molecule has 0 fully saturated rings. The van der Waals surface area contributed by atoms with Crippen molar-refractivity contribution in [3.8, 4) is 0 Å². The normalized spacial score (nSPS) is 10.4. The molecule has 0 unspecified atom stereocenters. The van der Waals surface area contributed by atoms with Gasteiger partial charge in [0.05, 0.1) is 29.0 Å². The highest BCUT2D eigenvalue weighted by atomic mass is 32.1. The average Bonchev–Trinajstić information content (AvgIpc) is 3.28. The Balaban J connectivity index is 1.62. The fraction of sp³-hybridized carbons (Fsp3) is 0.0625. The Kier molecular flexibility index (Phi) is 5.22. The quantitative estimate of drug-likeness (QED) is 0.491. The number of amides is 2. The molecule has 0 spiro atoms. The summed E-state index contributed by atoms with van der Waals surface area (Å²) >= 11 is 1.10. The lowest BCUT2D eigenvalue weighted by Gasteiger charge is -2.05. The number of thiazole rings is 1. The summed E-state index contributed by atoms with van der Waals surface area (Å²) in [4.78, 5) is 38.0. The molecule has 0 aliphatic rings. The smallest absolute Gasteiger partial charge is 0.293 e. The third kappa shape index (κ3) is 4.52. The lowest BCUT2D eigenvalue weighted by atomic mass is 10.2. The van der Waals surface area contributed by atoms with E-state index in [4.69, 9.17) is 4.42 Å². The number of hydrogen-bond donors (Lipinski definition) is 2. The van der Waals surface area contributed by atoms with E-state index in [-0.39, 0.29) is 28.7 Å². The number of halogens is 1. The number of nitrogens with zero attached hydrogens (tertiary/aromatic N) is 2. The maximum atomic E-state index is 13.7. The third-order valence-electron chi connectivity index (χ3n) is 3.29. The molecule has 0 atom stereocenters. The molecule has 11 heteroatoms. The summed E-state index contributed by atoms with van der Waals surface area (Å²) in [5.41, 5.74) is -0.294. The Bertz CT molecular complexity index is 1000. The van der Waals surface area contributed by atoms with Crippen molar-refractivity contribution < 1.29 is 23.3 Å². The average molecular weight is 390 g/mol. The number of nitro groups is 1. The molecule has 2 aromatic heterocycles. The minimum atomic E-state index is -0.793. The first-order valence-electron chi connectivity index (χ1n) is 7.45. The summed E-state index contributed by atoms with van der Waals surface area (Å²) in [7, 11) is 0. The van der Waals surface area contributed by atoms with Gasteiger partial charge >= 0.3 is 0 Å². The van der Waals surface area contributed by atoms with E-state index in [1.165, 1.54) is 12.3 Å². The maximum absolute atomic E-state index is 13.7. The highest BCUT2D eigenvalue weighted by molar-refractivity contribution is 7.14. The number of anilines is 2.